The van der Waals surface area contributed by atoms with Crippen molar-refractivity contribution in [3.05, 3.63) is 29.6 Å². The summed E-state index contributed by atoms with van der Waals surface area (Å²) in [5, 5.41) is 10.9. The fourth-order valence-corrected chi connectivity index (χ4v) is 3.28. The molecule has 0 saturated carbocycles. The molecule has 1 unspecified atom stereocenters. The van der Waals surface area contributed by atoms with E-state index in [0.29, 0.717) is 0 Å². The van der Waals surface area contributed by atoms with Crippen molar-refractivity contribution < 1.29 is 5.11 Å². The van der Waals surface area contributed by atoms with Crippen molar-refractivity contribution in [3.63, 3.8) is 0 Å². The van der Waals surface area contributed by atoms with Crippen LogP contribution < -0.4 is 0 Å². The fraction of sp³-hybridized carbons (Fsp3) is 0.667. The standard InChI is InChI=1S/C15H23NO/c1-3-9-15(17,10-4-2)13-8-7-12-6-5-11-16-14(12)13/h5-6,11,13,17H,3-4,7-10H2,1-2H3. The van der Waals surface area contributed by atoms with Gasteiger partial charge in [-0.2, -0.15) is 0 Å². The first kappa shape index (κ1) is 12.6. The summed E-state index contributed by atoms with van der Waals surface area (Å²) in [5.74, 6) is 0.249. The van der Waals surface area contributed by atoms with Crippen LogP contribution in [-0.2, 0) is 6.42 Å². The van der Waals surface area contributed by atoms with Crippen LogP contribution in [0.2, 0.25) is 0 Å². The SMILES string of the molecule is CCCC(O)(CCC)C1CCc2cccnc21. The van der Waals surface area contributed by atoms with Crippen molar-refractivity contribution >= 4 is 0 Å². The summed E-state index contributed by atoms with van der Waals surface area (Å²) >= 11 is 0. The molecule has 0 radical (unpaired) electrons. The molecule has 1 heterocycles. The van der Waals surface area contributed by atoms with Gasteiger partial charge in [-0.3, -0.25) is 4.98 Å². The number of rotatable bonds is 5. The molecule has 94 valence electrons. The lowest BCUT2D eigenvalue weighted by Crippen LogP contribution is -2.35. The predicted molar refractivity (Wildman–Crippen MR) is 70.1 cm³/mol. The maximum atomic E-state index is 10.9. The van der Waals surface area contributed by atoms with Gasteiger partial charge in [0.2, 0.25) is 0 Å². The van der Waals surface area contributed by atoms with Crippen LogP contribution in [0.3, 0.4) is 0 Å². The molecule has 2 rings (SSSR count). The number of aliphatic hydroxyl groups is 1. The Kier molecular flexibility index (Phi) is 3.82. The molecule has 0 fully saturated rings. The van der Waals surface area contributed by atoms with Gasteiger partial charge in [0.1, 0.15) is 0 Å². The number of fused-ring (bicyclic) bond motifs is 1. The molecule has 1 aromatic heterocycles. The molecule has 1 atom stereocenters. The lowest BCUT2D eigenvalue weighted by atomic mass is 9.78. The van der Waals surface area contributed by atoms with Crippen LogP contribution in [0.25, 0.3) is 0 Å². The molecule has 1 N–H and O–H groups in total. The molecular formula is C15H23NO. The Bertz CT molecular complexity index is 369. The van der Waals surface area contributed by atoms with Crippen molar-refractivity contribution in [2.45, 2.75) is 63.9 Å². The summed E-state index contributed by atoms with van der Waals surface area (Å²) in [4.78, 5) is 4.51. The Morgan fingerprint density at radius 2 is 2.06 bits per heavy atom. The van der Waals surface area contributed by atoms with Crippen molar-refractivity contribution in [1.29, 1.82) is 0 Å². The highest BCUT2D eigenvalue weighted by Gasteiger charge is 2.40. The largest absolute Gasteiger partial charge is 0.389 e. The molecule has 2 heteroatoms. The molecule has 0 spiro atoms. The molecule has 1 aliphatic rings. The first-order valence-electron chi connectivity index (χ1n) is 6.87. The van der Waals surface area contributed by atoms with Gasteiger partial charge in [0, 0.05) is 17.8 Å². The zero-order chi connectivity index (χ0) is 12.3. The number of hydrogen-bond donors (Lipinski definition) is 1. The maximum absolute atomic E-state index is 10.9. The van der Waals surface area contributed by atoms with Gasteiger partial charge in [-0.25, -0.2) is 0 Å². The van der Waals surface area contributed by atoms with E-state index in [1.807, 2.05) is 12.3 Å². The smallest absolute Gasteiger partial charge is 0.0731 e. The van der Waals surface area contributed by atoms with Crippen LogP contribution in [0.15, 0.2) is 18.3 Å². The minimum atomic E-state index is -0.539. The van der Waals surface area contributed by atoms with Gasteiger partial charge >= 0.3 is 0 Å². The van der Waals surface area contributed by atoms with Crippen LogP contribution in [0.5, 0.6) is 0 Å². The van der Waals surface area contributed by atoms with Gasteiger partial charge in [0.25, 0.3) is 0 Å². The summed E-state index contributed by atoms with van der Waals surface area (Å²) in [6.45, 7) is 4.30. The molecule has 1 aliphatic carbocycles. The second-order valence-electron chi connectivity index (χ2n) is 5.24. The summed E-state index contributed by atoms with van der Waals surface area (Å²) in [7, 11) is 0. The van der Waals surface area contributed by atoms with Gasteiger partial charge in [-0.05, 0) is 37.3 Å². The highest BCUT2D eigenvalue weighted by Crippen LogP contribution is 2.43. The van der Waals surface area contributed by atoms with E-state index in [1.165, 1.54) is 5.56 Å². The first-order valence-corrected chi connectivity index (χ1v) is 6.87. The topological polar surface area (TPSA) is 33.1 Å². The van der Waals surface area contributed by atoms with E-state index in [0.717, 1.165) is 44.2 Å². The van der Waals surface area contributed by atoms with Gasteiger partial charge in [0.05, 0.1) is 5.60 Å². The Balaban J connectivity index is 2.27. The normalized spacial score (nSPS) is 19.4. The number of aromatic nitrogens is 1. The Morgan fingerprint density at radius 1 is 1.35 bits per heavy atom. The maximum Gasteiger partial charge on any atom is 0.0731 e. The monoisotopic (exact) mass is 233 g/mol. The van der Waals surface area contributed by atoms with Crippen molar-refractivity contribution in [3.8, 4) is 0 Å². The lowest BCUT2D eigenvalue weighted by molar-refractivity contribution is -0.00676. The zero-order valence-corrected chi connectivity index (χ0v) is 10.9. The minimum absolute atomic E-state index is 0.249. The molecular weight excluding hydrogens is 210 g/mol. The van der Waals surface area contributed by atoms with Gasteiger partial charge in [0.15, 0.2) is 0 Å². The molecule has 0 amide bonds. The van der Waals surface area contributed by atoms with E-state index >= 15 is 0 Å². The van der Waals surface area contributed by atoms with Crippen molar-refractivity contribution in [2.75, 3.05) is 0 Å². The van der Waals surface area contributed by atoms with Crippen LogP contribution in [0.4, 0.5) is 0 Å². The van der Waals surface area contributed by atoms with Gasteiger partial charge < -0.3 is 5.11 Å². The predicted octanol–water partition coefficient (Wildman–Crippen LogP) is 3.44. The quantitative estimate of drug-likeness (QED) is 0.845. The molecule has 0 bridgehead atoms. The van der Waals surface area contributed by atoms with E-state index in [-0.39, 0.29) is 5.92 Å². The van der Waals surface area contributed by atoms with E-state index in [2.05, 4.69) is 24.9 Å². The summed E-state index contributed by atoms with van der Waals surface area (Å²) in [5.41, 5.74) is 1.95. The van der Waals surface area contributed by atoms with Crippen LogP contribution in [-0.4, -0.2) is 15.7 Å². The average molecular weight is 233 g/mol. The summed E-state index contributed by atoms with van der Waals surface area (Å²) in [6, 6.07) is 4.15. The molecule has 0 aliphatic heterocycles. The number of pyridine rings is 1. The minimum Gasteiger partial charge on any atom is -0.389 e. The molecule has 2 nitrogen and oxygen atoms in total. The highest BCUT2D eigenvalue weighted by atomic mass is 16.3. The molecule has 0 aromatic carbocycles. The molecule has 0 saturated heterocycles. The highest BCUT2D eigenvalue weighted by molar-refractivity contribution is 5.31. The number of aryl methyl sites for hydroxylation is 1. The van der Waals surface area contributed by atoms with Crippen molar-refractivity contribution in [2.24, 2.45) is 0 Å². The van der Waals surface area contributed by atoms with Gasteiger partial charge in [-0.15, -0.1) is 0 Å². The first-order chi connectivity index (χ1) is 8.21. The van der Waals surface area contributed by atoms with Gasteiger partial charge in [-0.1, -0.05) is 32.8 Å². The Labute approximate surface area is 104 Å². The second-order valence-corrected chi connectivity index (χ2v) is 5.24. The third kappa shape index (κ3) is 2.37. The van der Waals surface area contributed by atoms with E-state index in [9.17, 15) is 5.11 Å². The van der Waals surface area contributed by atoms with E-state index < -0.39 is 5.60 Å². The molecule has 17 heavy (non-hydrogen) atoms. The van der Waals surface area contributed by atoms with Crippen LogP contribution >= 0.6 is 0 Å². The third-order valence-electron chi connectivity index (χ3n) is 3.97. The van der Waals surface area contributed by atoms with Crippen LogP contribution in [0, 0.1) is 0 Å². The summed E-state index contributed by atoms with van der Waals surface area (Å²) in [6.07, 6.45) is 7.84. The number of nitrogens with zero attached hydrogens (tertiary/aromatic N) is 1. The zero-order valence-electron chi connectivity index (χ0n) is 10.9. The third-order valence-corrected chi connectivity index (χ3v) is 3.97. The van der Waals surface area contributed by atoms with Crippen LogP contribution in [0.1, 0.15) is 63.1 Å². The fourth-order valence-electron chi connectivity index (χ4n) is 3.28. The Hall–Kier alpha value is -0.890. The average Bonchev–Trinajstić information content (AvgIpc) is 2.74. The number of hydrogen-bond acceptors (Lipinski definition) is 2. The van der Waals surface area contributed by atoms with E-state index in [4.69, 9.17) is 0 Å². The molecule has 1 aromatic rings. The Morgan fingerprint density at radius 3 is 2.71 bits per heavy atom. The summed E-state index contributed by atoms with van der Waals surface area (Å²) < 4.78 is 0. The van der Waals surface area contributed by atoms with Crippen molar-refractivity contribution in [1.82, 2.24) is 4.98 Å². The van der Waals surface area contributed by atoms with E-state index in [1.54, 1.807) is 0 Å². The second kappa shape index (κ2) is 5.18. The lowest BCUT2D eigenvalue weighted by Gasteiger charge is -2.34.